The lowest BCUT2D eigenvalue weighted by molar-refractivity contribution is -0.0499. The summed E-state index contributed by atoms with van der Waals surface area (Å²) in [5.74, 6) is -0.579. The number of aromatic hydroxyl groups is 1. The van der Waals surface area contributed by atoms with Gasteiger partial charge in [0.25, 0.3) is 0 Å². The van der Waals surface area contributed by atoms with E-state index in [4.69, 9.17) is 0 Å². The van der Waals surface area contributed by atoms with Crippen LogP contribution in [0.3, 0.4) is 0 Å². The molecule has 0 amide bonds. The molecule has 2 aromatic carbocycles. The number of benzene rings is 2. The van der Waals surface area contributed by atoms with Gasteiger partial charge in [-0.2, -0.15) is 21.6 Å². The van der Waals surface area contributed by atoms with Crippen LogP contribution in [0.4, 0.5) is 13.2 Å². The van der Waals surface area contributed by atoms with E-state index in [2.05, 4.69) is 4.18 Å². The van der Waals surface area contributed by atoms with Crippen LogP contribution in [-0.4, -0.2) is 27.1 Å². The van der Waals surface area contributed by atoms with E-state index in [0.717, 1.165) is 0 Å². The molecule has 0 bridgehead atoms. The van der Waals surface area contributed by atoms with Gasteiger partial charge in [0.1, 0.15) is 11.5 Å². The second-order valence-electron chi connectivity index (χ2n) is 6.43. The van der Waals surface area contributed by atoms with Crippen molar-refractivity contribution in [2.45, 2.75) is 25.1 Å². The summed E-state index contributed by atoms with van der Waals surface area (Å²) in [5, 5.41) is 10.4. The Morgan fingerprint density at radius 2 is 1.52 bits per heavy atom. The molecule has 0 aromatic heterocycles. The van der Waals surface area contributed by atoms with E-state index in [1.807, 2.05) is 19.6 Å². The normalized spacial score (nSPS) is 12.9. The molecular weight excluding hydrogens is 373 g/mol. The highest BCUT2D eigenvalue weighted by Gasteiger charge is 2.49. The summed E-state index contributed by atoms with van der Waals surface area (Å²) in [6.07, 6.45) is 0. The molecule has 25 heavy (non-hydrogen) atoms. The van der Waals surface area contributed by atoms with Crippen LogP contribution in [0.25, 0.3) is 11.1 Å². The van der Waals surface area contributed by atoms with Crippen molar-refractivity contribution >= 4 is 23.4 Å². The van der Waals surface area contributed by atoms with Crippen molar-refractivity contribution in [1.29, 1.82) is 0 Å². The molecule has 0 unspecified atom stereocenters. The minimum Gasteiger partial charge on any atom is -0.507 e. The van der Waals surface area contributed by atoms with Gasteiger partial charge in [0.15, 0.2) is 0 Å². The Hall–Kier alpha value is -2.00. The molecule has 0 saturated heterocycles. The van der Waals surface area contributed by atoms with Crippen LogP contribution in [0, 0.1) is 0 Å². The first-order valence-corrected chi connectivity index (χ1v) is 12.2. The smallest absolute Gasteiger partial charge is 0.507 e. The Balaban J connectivity index is 2.77. The summed E-state index contributed by atoms with van der Waals surface area (Å²) in [6, 6.07) is 10.5. The highest BCUT2D eigenvalue weighted by molar-refractivity contribution is 7.88. The average molecular weight is 390 g/mol. The van der Waals surface area contributed by atoms with Crippen LogP contribution >= 0.6 is 0 Å². The second kappa shape index (κ2) is 6.38. The van der Waals surface area contributed by atoms with Gasteiger partial charge in [-0.05, 0) is 11.3 Å². The van der Waals surface area contributed by atoms with Crippen LogP contribution in [0.15, 0.2) is 42.5 Å². The summed E-state index contributed by atoms with van der Waals surface area (Å²) in [7, 11) is -8.09. The first kappa shape index (κ1) is 19.3. The number of phenolic OH excluding ortho intramolecular Hbond substituents is 1. The fourth-order valence-corrected chi connectivity index (χ4v) is 4.32. The molecule has 0 heterocycles. The molecular formula is C16H17F3O4SSi. The molecule has 0 radical (unpaired) electrons. The Labute approximate surface area is 145 Å². The quantitative estimate of drug-likeness (QED) is 0.490. The van der Waals surface area contributed by atoms with Crippen molar-refractivity contribution in [3.63, 3.8) is 0 Å². The standard InChI is InChI=1S/C16H17F3O4SSi/c1-25(2,3)14-10-6-8-12(11-7-4-5-9-13(11)20)15(14)23-24(21,22)16(17,18)19/h4-10,20H,1-3H3. The van der Waals surface area contributed by atoms with Crippen molar-refractivity contribution in [1.82, 2.24) is 0 Å². The third-order valence-corrected chi connectivity index (χ3v) is 6.46. The third kappa shape index (κ3) is 3.98. The average Bonchev–Trinajstić information content (AvgIpc) is 2.45. The van der Waals surface area contributed by atoms with E-state index >= 15 is 0 Å². The predicted molar refractivity (Wildman–Crippen MR) is 92.1 cm³/mol. The fourth-order valence-electron chi connectivity index (χ4n) is 2.29. The molecule has 0 fully saturated rings. The largest absolute Gasteiger partial charge is 0.534 e. The van der Waals surface area contributed by atoms with Crippen LogP contribution in [0.2, 0.25) is 19.6 Å². The minimum absolute atomic E-state index is 0.0887. The lowest BCUT2D eigenvalue weighted by Crippen LogP contribution is -2.40. The maximum absolute atomic E-state index is 12.8. The zero-order valence-corrected chi connectivity index (χ0v) is 15.6. The summed E-state index contributed by atoms with van der Waals surface area (Å²) in [6.45, 7) is 5.55. The Bertz CT molecular complexity index is 887. The molecule has 0 spiro atoms. The summed E-state index contributed by atoms with van der Waals surface area (Å²) >= 11 is 0. The van der Waals surface area contributed by atoms with Gasteiger partial charge >= 0.3 is 15.6 Å². The third-order valence-electron chi connectivity index (χ3n) is 3.49. The van der Waals surface area contributed by atoms with Gasteiger partial charge in [0, 0.05) is 11.1 Å². The topological polar surface area (TPSA) is 63.6 Å². The number of alkyl halides is 3. The van der Waals surface area contributed by atoms with Crippen LogP contribution in [0.1, 0.15) is 0 Å². The monoisotopic (exact) mass is 390 g/mol. The van der Waals surface area contributed by atoms with Crippen LogP contribution in [0.5, 0.6) is 11.5 Å². The number of phenols is 1. The lowest BCUT2D eigenvalue weighted by Gasteiger charge is -2.23. The van der Waals surface area contributed by atoms with Crippen molar-refractivity contribution in [3.8, 4) is 22.6 Å². The van der Waals surface area contributed by atoms with Gasteiger partial charge in [-0.15, -0.1) is 0 Å². The Morgan fingerprint density at radius 1 is 0.960 bits per heavy atom. The molecule has 0 aliphatic heterocycles. The summed E-state index contributed by atoms with van der Waals surface area (Å²) < 4.78 is 66.1. The lowest BCUT2D eigenvalue weighted by atomic mass is 10.0. The first-order chi connectivity index (χ1) is 11.3. The Morgan fingerprint density at radius 3 is 2.04 bits per heavy atom. The van der Waals surface area contributed by atoms with Gasteiger partial charge < -0.3 is 9.29 Å². The van der Waals surface area contributed by atoms with Gasteiger partial charge in [-0.3, -0.25) is 0 Å². The molecule has 4 nitrogen and oxygen atoms in total. The molecule has 9 heteroatoms. The molecule has 2 rings (SSSR count). The maximum atomic E-state index is 12.8. The summed E-state index contributed by atoms with van der Waals surface area (Å²) in [4.78, 5) is 0. The molecule has 2 aromatic rings. The van der Waals surface area contributed by atoms with Gasteiger partial charge in [-0.25, -0.2) is 0 Å². The van der Waals surface area contributed by atoms with E-state index in [-0.39, 0.29) is 22.6 Å². The van der Waals surface area contributed by atoms with Gasteiger partial charge in [-0.1, -0.05) is 56.0 Å². The van der Waals surface area contributed by atoms with E-state index in [1.165, 1.54) is 18.2 Å². The molecule has 0 atom stereocenters. The fraction of sp³-hybridized carbons (Fsp3) is 0.250. The van der Waals surface area contributed by atoms with E-state index < -0.39 is 23.7 Å². The zero-order valence-electron chi connectivity index (χ0n) is 13.8. The van der Waals surface area contributed by atoms with Crippen molar-refractivity contribution < 1.29 is 30.9 Å². The number of para-hydroxylation sites is 2. The molecule has 1 N–H and O–H groups in total. The number of rotatable bonds is 4. The number of hydrogen-bond donors (Lipinski definition) is 1. The van der Waals surface area contributed by atoms with Gasteiger partial charge in [0.05, 0.1) is 8.07 Å². The minimum atomic E-state index is -5.84. The van der Waals surface area contributed by atoms with Crippen LogP contribution < -0.4 is 9.37 Å². The van der Waals surface area contributed by atoms with E-state index in [9.17, 15) is 26.7 Å². The number of halogens is 3. The second-order valence-corrected chi connectivity index (χ2v) is 13.0. The zero-order chi connectivity index (χ0) is 19.0. The number of hydrogen-bond acceptors (Lipinski definition) is 4. The summed E-state index contributed by atoms with van der Waals surface area (Å²) in [5.41, 5.74) is -5.27. The SMILES string of the molecule is C[Si](C)(C)c1cccc(-c2ccccc2O)c1OS(=O)(=O)C(F)(F)F. The van der Waals surface area contributed by atoms with Gasteiger partial charge in [0.2, 0.25) is 0 Å². The first-order valence-electron chi connectivity index (χ1n) is 7.27. The highest BCUT2D eigenvalue weighted by atomic mass is 32.2. The molecule has 0 saturated carbocycles. The van der Waals surface area contributed by atoms with E-state index in [1.54, 1.807) is 24.3 Å². The van der Waals surface area contributed by atoms with Crippen molar-refractivity contribution in [2.75, 3.05) is 0 Å². The predicted octanol–water partition coefficient (Wildman–Crippen LogP) is 3.83. The molecule has 0 aliphatic carbocycles. The van der Waals surface area contributed by atoms with E-state index in [0.29, 0.717) is 5.19 Å². The molecule has 0 aliphatic rings. The maximum Gasteiger partial charge on any atom is 0.534 e. The Kier molecular flexibility index (Phi) is 4.93. The highest BCUT2D eigenvalue weighted by Crippen LogP contribution is 2.38. The van der Waals surface area contributed by atoms with Crippen LogP contribution in [-0.2, 0) is 10.1 Å². The van der Waals surface area contributed by atoms with Crippen molar-refractivity contribution in [2.24, 2.45) is 0 Å². The molecule has 136 valence electrons. The van der Waals surface area contributed by atoms with Crippen molar-refractivity contribution in [3.05, 3.63) is 42.5 Å².